The Labute approximate surface area is 203 Å². The third kappa shape index (κ3) is 4.30. The largest absolute Gasteiger partial charge is 0.461 e. The van der Waals surface area contributed by atoms with E-state index in [2.05, 4.69) is 16.9 Å². The van der Waals surface area contributed by atoms with E-state index in [0.29, 0.717) is 42.9 Å². The van der Waals surface area contributed by atoms with Gasteiger partial charge in [-0.3, -0.25) is 9.59 Å². The Hall–Kier alpha value is -3.64. The van der Waals surface area contributed by atoms with Gasteiger partial charge in [-0.05, 0) is 38.0 Å². The number of fused-ring (bicyclic) bond motifs is 1. The minimum Gasteiger partial charge on any atom is -0.461 e. The lowest BCUT2D eigenvalue weighted by atomic mass is 10.0. The molecular formula is C26H28N4O5. The Morgan fingerprint density at radius 1 is 1.29 bits per heavy atom. The third-order valence-electron chi connectivity index (χ3n) is 6.78. The first-order chi connectivity index (χ1) is 16.8. The van der Waals surface area contributed by atoms with Crippen LogP contribution in [0.5, 0.6) is 0 Å². The van der Waals surface area contributed by atoms with E-state index in [1.165, 1.54) is 4.90 Å². The lowest BCUT2D eigenvalue weighted by Gasteiger charge is -2.28. The van der Waals surface area contributed by atoms with Crippen molar-refractivity contribution in [3.8, 4) is 17.5 Å². The molecular weight excluding hydrogens is 448 g/mol. The fourth-order valence-electron chi connectivity index (χ4n) is 4.63. The summed E-state index contributed by atoms with van der Waals surface area (Å²) in [6, 6.07) is 7.28. The minimum atomic E-state index is -1.68. The van der Waals surface area contributed by atoms with Gasteiger partial charge in [0.05, 0.1) is 18.0 Å². The van der Waals surface area contributed by atoms with Crippen LogP contribution in [0.15, 0.2) is 24.3 Å². The van der Waals surface area contributed by atoms with Crippen LogP contribution in [0.2, 0.25) is 0 Å². The number of likely N-dealkylation sites (N-methyl/N-ethyl adjacent to an activating group) is 1. The summed E-state index contributed by atoms with van der Waals surface area (Å²) in [6.07, 6.45) is 2.69. The van der Waals surface area contributed by atoms with Crippen LogP contribution in [0.1, 0.15) is 53.5 Å². The molecule has 2 aliphatic heterocycles. The normalized spacial score (nSPS) is 21.4. The van der Waals surface area contributed by atoms with Gasteiger partial charge in [0.25, 0.3) is 5.91 Å². The number of benzene rings is 1. The van der Waals surface area contributed by atoms with Gasteiger partial charge >= 0.3 is 5.97 Å². The van der Waals surface area contributed by atoms with Crippen molar-refractivity contribution < 1.29 is 24.2 Å². The smallest absolute Gasteiger partial charge is 0.359 e. The number of nitrogens with zero attached hydrogens (tertiary/aromatic N) is 4. The number of carbonyl (C=O) groups is 3. The second-order valence-electron chi connectivity index (χ2n) is 9.33. The van der Waals surface area contributed by atoms with Crippen LogP contribution in [0.25, 0.3) is 5.69 Å². The van der Waals surface area contributed by atoms with Crippen LogP contribution in [0, 0.1) is 17.8 Å². The molecule has 1 aromatic carbocycles. The van der Waals surface area contributed by atoms with E-state index in [-0.39, 0.29) is 30.5 Å². The Bertz CT molecular complexity index is 1270. The van der Waals surface area contributed by atoms with Crippen molar-refractivity contribution in [1.82, 2.24) is 19.6 Å². The van der Waals surface area contributed by atoms with Crippen molar-refractivity contribution in [2.24, 2.45) is 5.92 Å². The summed E-state index contributed by atoms with van der Waals surface area (Å²) in [5.41, 5.74) is 1.44. The molecule has 0 bridgehead atoms. The van der Waals surface area contributed by atoms with Gasteiger partial charge in [-0.15, -0.1) is 0 Å². The summed E-state index contributed by atoms with van der Waals surface area (Å²) < 4.78 is 6.96. The summed E-state index contributed by atoms with van der Waals surface area (Å²) in [4.78, 5) is 40.9. The summed E-state index contributed by atoms with van der Waals surface area (Å²) in [7, 11) is 1.64. The molecule has 1 N–H and O–H groups in total. The molecule has 9 heteroatoms. The van der Waals surface area contributed by atoms with E-state index in [1.807, 2.05) is 23.1 Å². The summed E-state index contributed by atoms with van der Waals surface area (Å²) >= 11 is 0. The van der Waals surface area contributed by atoms with E-state index in [0.717, 1.165) is 18.5 Å². The SMILES string of the molecule is CCOC(=O)c1nn(-c2cccc(C#C[C@]3(O)CCN(C)C3=O)c2)c2c1CN(C(=O)C1CC1)CC2. The van der Waals surface area contributed by atoms with Crippen LogP contribution in [-0.2, 0) is 27.3 Å². The molecule has 9 nitrogen and oxygen atoms in total. The number of rotatable bonds is 4. The average Bonchev–Trinajstić information content (AvgIpc) is 3.60. The first kappa shape index (κ1) is 23.1. The monoisotopic (exact) mass is 476 g/mol. The quantitative estimate of drug-likeness (QED) is 0.527. The molecule has 1 saturated carbocycles. The van der Waals surface area contributed by atoms with E-state index in [9.17, 15) is 19.5 Å². The van der Waals surface area contributed by atoms with Gasteiger partial charge in [-0.2, -0.15) is 5.10 Å². The number of aliphatic hydroxyl groups is 1. The Balaban J connectivity index is 1.48. The van der Waals surface area contributed by atoms with Crippen molar-refractivity contribution in [2.45, 2.75) is 44.8 Å². The van der Waals surface area contributed by atoms with Gasteiger partial charge in [0.1, 0.15) is 0 Å². The fourth-order valence-corrected chi connectivity index (χ4v) is 4.63. The standard InChI is InChI=1S/C26H28N4O5/c1-3-35-24(32)22-20-16-29(23(31)18-7-8-18)13-10-21(20)30(27-22)19-6-4-5-17(15-19)9-11-26(34)12-14-28(2)25(26)33/h4-6,15,18,34H,3,7-8,10,12-14,16H2,1-2H3/t26-/m0/s1. The first-order valence-electron chi connectivity index (χ1n) is 12.0. The molecule has 3 heterocycles. The van der Waals surface area contributed by atoms with Gasteiger partial charge < -0.3 is 19.6 Å². The highest BCUT2D eigenvalue weighted by molar-refractivity contribution is 5.91. The molecule has 0 spiro atoms. The molecule has 2 amide bonds. The Morgan fingerprint density at radius 3 is 2.77 bits per heavy atom. The molecule has 1 aromatic heterocycles. The number of esters is 1. The summed E-state index contributed by atoms with van der Waals surface area (Å²) in [6.45, 7) is 3.33. The van der Waals surface area contributed by atoms with Crippen LogP contribution in [0.3, 0.4) is 0 Å². The number of amides is 2. The van der Waals surface area contributed by atoms with Gasteiger partial charge in [0.2, 0.25) is 11.5 Å². The second-order valence-corrected chi connectivity index (χ2v) is 9.33. The van der Waals surface area contributed by atoms with Gasteiger partial charge in [0.15, 0.2) is 5.69 Å². The maximum absolute atomic E-state index is 12.7. The highest BCUT2D eigenvalue weighted by Gasteiger charge is 2.42. The number of likely N-dealkylation sites (tertiary alicyclic amines) is 1. The Morgan fingerprint density at radius 2 is 2.09 bits per heavy atom. The third-order valence-corrected chi connectivity index (χ3v) is 6.78. The molecule has 3 aliphatic rings. The molecule has 2 aromatic rings. The van der Waals surface area contributed by atoms with Crippen LogP contribution < -0.4 is 0 Å². The van der Waals surface area contributed by atoms with E-state index >= 15 is 0 Å². The fraction of sp³-hybridized carbons (Fsp3) is 0.462. The maximum Gasteiger partial charge on any atom is 0.359 e. The average molecular weight is 477 g/mol. The number of carbonyl (C=O) groups excluding carboxylic acids is 3. The second kappa shape index (κ2) is 8.86. The van der Waals surface area contributed by atoms with Gasteiger partial charge in [0, 0.05) is 56.6 Å². The molecule has 1 aliphatic carbocycles. The molecule has 35 heavy (non-hydrogen) atoms. The number of hydrogen-bond acceptors (Lipinski definition) is 6. The molecule has 2 fully saturated rings. The van der Waals surface area contributed by atoms with E-state index in [1.54, 1.807) is 24.7 Å². The minimum absolute atomic E-state index is 0.106. The van der Waals surface area contributed by atoms with Crippen molar-refractivity contribution in [1.29, 1.82) is 0 Å². The van der Waals surface area contributed by atoms with Crippen LogP contribution >= 0.6 is 0 Å². The molecule has 1 saturated heterocycles. The van der Waals surface area contributed by atoms with Crippen LogP contribution in [0.4, 0.5) is 0 Å². The van der Waals surface area contributed by atoms with Gasteiger partial charge in [-0.1, -0.05) is 17.9 Å². The lowest BCUT2D eigenvalue weighted by molar-refractivity contribution is -0.137. The molecule has 0 unspecified atom stereocenters. The Kier molecular flexibility index (Phi) is 5.85. The summed E-state index contributed by atoms with van der Waals surface area (Å²) in [5.74, 6) is 5.00. The highest BCUT2D eigenvalue weighted by atomic mass is 16.5. The van der Waals surface area contributed by atoms with Gasteiger partial charge in [-0.25, -0.2) is 9.48 Å². The maximum atomic E-state index is 12.7. The zero-order chi connectivity index (χ0) is 24.7. The zero-order valence-electron chi connectivity index (χ0n) is 19.9. The molecule has 1 atom stereocenters. The predicted octanol–water partition coefficient (Wildman–Crippen LogP) is 1.29. The number of aromatic nitrogens is 2. The van der Waals surface area contributed by atoms with Crippen molar-refractivity contribution in [3.05, 3.63) is 46.8 Å². The molecule has 5 rings (SSSR count). The van der Waals surface area contributed by atoms with Crippen molar-refractivity contribution >= 4 is 17.8 Å². The van der Waals surface area contributed by atoms with Crippen molar-refractivity contribution in [2.75, 3.05) is 26.7 Å². The van der Waals surface area contributed by atoms with E-state index < -0.39 is 17.5 Å². The number of hydrogen-bond donors (Lipinski definition) is 1. The topological polar surface area (TPSA) is 105 Å². The molecule has 182 valence electrons. The first-order valence-corrected chi connectivity index (χ1v) is 12.0. The predicted molar refractivity (Wildman–Crippen MR) is 125 cm³/mol. The van der Waals surface area contributed by atoms with Crippen LogP contribution in [-0.4, -0.2) is 74.8 Å². The lowest BCUT2D eigenvalue weighted by Crippen LogP contribution is -2.37. The number of ether oxygens (including phenoxy) is 1. The van der Waals surface area contributed by atoms with E-state index in [4.69, 9.17) is 4.74 Å². The van der Waals surface area contributed by atoms with Crippen molar-refractivity contribution in [3.63, 3.8) is 0 Å². The highest BCUT2D eigenvalue weighted by Crippen LogP contribution is 2.34. The molecule has 0 radical (unpaired) electrons. The summed E-state index contributed by atoms with van der Waals surface area (Å²) in [5, 5.41) is 15.2. The zero-order valence-corrected chi connectivity index (χ0v) is 19.9.